The van der Waals surface area contributed by atoms with Crippen LogP contribution in [0.5, 0.6) is 0 Å². The number of alkyl halides is 6. The van der Waals surface area contributed by atoms with Crippen LogP contribution >= 0.6 is 0 Å². The lowest BCUT2D eigenvalue weighted by Crippen LogP contribution is -2.42. The van der Waals surface area contributed by atoms with E-state index in [2.05, 4.69) is 8.37 Å². The van der Waals surface area contributed by atoms with Gasteiger partial charge in [-0.3, -0.25) is 0 Å². The van der Waals surface area contributed by atoms with E-state index in [-0.39, 0.29) is 0 Å². The molecule has 0 aromatic carbocycles. The van der Waals surface area contributed by atoms with E-state index in [0.29, 0.717) is 0 Å². The van der Waals surface area contributed by atoms with Gasteiger partial charge in [0.2, 0.25) is 0 Å². The molecule has 0 saturated heterocycles. The van der Waals surface area contributed by atoms with Gasteiger partial charge >= 0.3 is 31.3 Å². The van der Waals surface area contributed by atoms with Crippen molar-refractivity contribution in [1.29, 1.82) is 0 Å². The van der Waals surface area contributed by atoms with Crippen LogP contribution in [0.3, 0.4) is 0 Å². The first kappa shape index (κ1) is 20.4. The molecule has 0 heterocycles. The fraction of sp³-hybridized carbons (Fsp3) is 1.00. The highest BCUT2D eigenvalue weighted by Gasteiger charge is 2.54. The molecule has 0 bridgehead atoms. The zero-order chi connectivity index (χ0) is 17.5. The van der Waals surface area contributed by atoms with Crippen molar-refractivity contribution in [2.45, 2.75) is 38.1 Å². The van der Waals surface area contributed by atoms with E-state index in [1.807, 2.05) is 0 Å². The summed E-state index contributed by atoms with van der Waals surface area (Å²) in [4.78, 5) is 0. The van der Waals surface area contributed by atoms with Crippen molar-refractivity contribution < 1.29 is 51.5 Å². The molecular weight excluding hydrogens is 358 g/mol. The molecule has 0 N–H and O–H groups in total. The highest BCUT2D eigenvalue weighted by molar-refractivity contribution is 7.88. The van der Waals surface area contributed by atoms with Crippen LogP contribution in [0, 0.1) is 5.41 Å². The molecule has 0 aromatic rings. The molecule has 0 saturated carbocycles. The monoisotopic (exact) mass is 368 g/mol. The minimum absolute atomic E-state index is 0.912. The summed E-state index contributed by atoms with van der Waals surface area (Å²) in [6.45, 7) is 2.74. The molecule has 21 heavy (non-hydrogen) atoms. The highest BCUT2D eigenvalue weighted by atomic mass is 32.2. The van der Waals surface area contributed by atoms with Gasteiger partial charge in [-0.05, 0) is 0 Å². The zero-order valence-corrected chi connectivity index (χ0v) is 12.2. The molecule has 0 aliphatic heterocycles. The lowest BCUT2D eigenvalue weighted by molar-refractivity contribution is -0.114. The molecule has 0 unspecified atom stereocenters. The van der Waals surface area contributed by atoms with Crippen molar-refractivity contribution in [3.63, 3.8) is 0 Å². The summed E-state index contributed by atoms with van der Waals surface area (Å²) < 4.78 is 123. The Labute approximate surface area is 116 Å². The lowest BCUT2D eigenvalue weighted by atomic mass is 9.96. The Morgan fingerprint density at radius 1 is 0.714 bits per heavy atom. The van der Waals surface area contributed by atoms with E-state index in [0.717, 1.165) is 20.8 Å². The molecule has 0 radical (unpaired) electrons. The van der Waals surface area contributed by atoms with Crippen molar-refractivity contribution in [3.05, 3.63) is 0 Å². The van der Waals surface area contributed by atoms with Crippen LogP contribution in [-0.4, -0.2) is 34.1 Å². The molecule has 0 aliphatic rings. The Kier molecular flexibility index (Phi) is 5.39. The summed E-state index contributed by atoms with van der Waals surface area (Å²) in [7, 11) is -12.7. The van der Waals surface area contributed by atoms with E-state index in [4.69, 9.17) is 0 Å². The van der Waals surface area contributed by atoms with E-state index in [9.17, 15) is 43.2 Å². The topological polar surface area (TPSA) is 86.7 Å². The predicted octanol–water partition coefficient (Wildman–Crippen LogP) is 2.09. The Morgan fingerprint density at radius 2 is 0.952 bits per heavy atom. The third-order valence-electron chi connectivity index (χ3n) is 1.70. The molecular formula is C7H10F6O6S2. The Bertz CT molecular complexity index is 520. The van der Waals surface area contributed by atoms with Crippen molar-refractivity contribution in [2.24, 2.45) is 5.41 Å². The summed E-state index contributed by atoms with van der Waals surface area (Å²) in [5.74, 6) is 0. The average Bonchev–Trinajstić information content (AvgIpc) is 2.10. The number of hydrogen-bond donors (Lipinski definition) is 0. The zero-order valence-electron chi connectivity index (χ0n) is 10.6. The molecule has 0 amide bonds. The van der Waals surface area contributed by atoms with Gasteiger partial charge in [0.1, 0.15) is 0 Å². The van der Waals surface area contributed by atoms with Crippen molar-refractivity contribution >= 4 is 20.2 Å². The molecule has 0 aliphatic carbocycles. The van der Waals surface area contributed by atoms with Crippen LogP contribution < -0.4 is 0 Å². The second kappa shape index (κ2) is 5.55. The van der Waals surface area contributed by atoms with Crippen LogP contribution in [0.4, 0.5) is 26.3 Å². The van der Waals surface area contributed by atoms with Gasteiger partial charge in [0.25, 0.3) is 0 Å². The van der Waals surface area contributed by atoms with Gasteiger partial charge in [0.15, 0.2) is 6.29 Å². The summed E-state index contributed by atoms with van der Waals surface area (Å²) in [5.41, 5.74) is -13.7. The second-order valence-corrected chi connectivity index (χ2v) is 7.82. The highest BCUT2D eigenvalue weighted by Crippen LogP contribution is 2.35. The Balaban J connectivity index is 5.60. The van der Waals surface area contributed by atoms with Crippen LogP contribution in [-0.2, 0) is 28.6 Å². The molecule has 0 spiro atoms. The maximum atomic E-state index is 12.1. The summed E-state index contributed by atoms with van der Waals surface area (Å²) in [6, 6.07) is 0. The van der Waals surface area contributed by atoms with Crippen LogP contribution in [0.25, 0.3) is 0 Å². The maximum absolute atomic E-state index is 12.1. The molecule has 0 aromatic heterocycles. The molecule has 0 fully saturated rings. The van der Waals surface area contributed by atoms with Crippen molar-refractivity contribution in [3.8, 4) is 0 Å². The molecule has 128 valence electrons. The molecule has 6 nitrogen and oxygen atoms in total. The number of halogens is 6. The lowest BCUT2D eigenvalue weighted by Gasteiger charge is -2.29. The van der Waals surface area contributed by atoms with E-state index in [1.54, 1.807) is 0 Å². The third-order valence-corrected chi connectivity index (χ3v) is 3.69. The molecule has 14 heteroatoms. The minimum atomic E-state index is -6.35. The normalized spacial score (nSPS) is 15.5. The third kappa shape index (κ3) is 5.27. The average molecular weight is 368 g/mol. The SMILES string of the molecule is CC(C)(C)C(OS(=O)(=O)C(F)(F)F)OS(=O)(=O)C(F)(F)F. The van der Waals surface area contributed by atoms with Crippen molar-refractivity contribution in [1.82, 2.24) is 0 Å². The molecule has 0 atom stereocenters. The van der Waals surface area contributed by atoms with Gasteiger partial charge < -0.3 is 0 Å². The summed E-state index contributed by atoms with van der Waals surface area (Å²) >= 11 is 0. The van der Waals surface area contributed by atoms with Gasteiger partial charge in [-0.15, -0.1) is 0 Å². The Morgan fingerprint density at radius 3 is 1.10 bits per heavy atom. The fourth-order valence-corrected chi connectivity index (χ4v) is 2.03. The van der Waals surface area contributed by atoms with Gasteiger partial charge in [0.05, 0.1) is 0 Å². The Hall–Kier alpha value is -0.600. The predicted molar refractivity (Wildman–Crippen MR) is 55.4 cm³/mol. The first-order chi connectivity index (χ1) is 8.81. The standard InChI is InChI=1S/C7H10F6O6S2/c1-5(2,3)4(18-20(14,15)6(8,9)10)19-21(16,17)7(11,12)13/h4H,1-3H3. The smallest absolute Gasteiger partial charge is 0.229 e. The second-order valence-electron chi connectivity index (χ2n) is 4.69. The minimum Gasteiger partial charge on any atom is -0.229 e. The van der Waals surface area contributed by atoms with Crippen molar-refractivity contribution in [2.75, 3.05) is 0 Å². The van der Waals surface area contributed by atoms with Gasteiger partial charge in [-0.1, -0.05) is 20.8 Å². The van der Waals surface area contributed by atoms with E-state index < -0.39 is 43.0 Å². The van der Waals surface area contributed by atoms with Crippen LogP contribution in [0.1, 0.15) is 20.8 Å². The van der Waals surface area contributed by atoms with Gasteiger partial charge in [-0.2, -0.15) is 43.2 Å². The number of hydrogen-bond acceptors (Lipinski definition) is 6. The van der Waals surface area contributed by atoms with Crippen LogP contribution in [0.2, 0.25) is 0 Å². The summed E-state index contributed by atoms with van der Waals surface area (Å²) in [5, 5.41) is 0. The maximum Gasteiger partial charge on any atom is 0.523 e. The first-order valence-electron chi connectivity index (χ1n) is 4.80. The van der Waals surface area contributed by atoms with Gasteiger partial charge in [0, 0.05) is 5.41 Å². The summed E-state index contributed by atoms with van der Waals surface area (Å²) in [6.07, 6.45) is -2.87. The van der Waals surface area contributed by atoms with E-state index >= 15 is 0 Å². The number of rotatable bonds is 4. The fourth-order valence-electron chi connectivity index (χ4n) is 0.644. The molecule has 0 rings (SSSR count). The van der Waals surface area contributed by atoms with E-state index in [1.165, 1.54) is 0 Å². The largest absolute Gasteiger partial charge is 0.523 e. The quantitative estimate of drug-likeness (QED) is 0.327. The first-order valence-corrected chi connectivity index (χ1v) is 7.62. The van der Waals surface area contributed by atoms with Crippen LogP contribution in [0.15, 0.2) is 0 Å². The van der Waals surface area contributed by atoms with Gasteiger partial charge in [-0.25, -0.2) is 8.37 Å².